The highest BCUT2D eigenvalue weighted by molar-refractivity contribution is 5.88. The number of methoxy groups -OCH3 is 1. The molecule has 1 atom stereocenters. The molecule has 0 saturated heterocycles. The minimum Gasteiger partial charge on any atom is -0.497 e. The lowest BCUT2D eigenvalue weighted by Gasteiger charge is -2.30. The Kier molecular flexibility index (Phi) is 8.53. The summed E-state index contributed by atoms with van der Waals surface area (Å²) in [6.45, 7) is 4.89. The SMILES string of the molecule is CCNC(=O)[C@@H](CC)N(CCc1ccccc1)C(=O)Cc1ccc(OC)cc1. The molecule has 0 aliphatic carbocycles. The molecule has 5 nitrogen and oxygen atoms in total. The summed E-state index contributed by atoms with van der Waals surface area (Å²) in [6, 6.07) is 17.0. The Morgan fingerprint density at radius 2 is 1.68 bits per heavy atom. The first-order chi connectivity index (χ1) is 13.6. The first-order valence-corrected chi connectivity index (χ1v) is 9.83. The molecule has 5 heteroatoms. The predicted molar refractivity (Wildman–Crippen MR) is 111 cm³/mol. The van der Waals surface area contributed by atoms with Gasteiger partial charge < -0.3 is 15.0 Å². The Morgan fingerprint density at radius 1 is 1.00 bits per heavy atom. The zero-order valence-electron chi connectivity index (χ0n) is 17.0. The molecule has 2 rings (SSSR count). The normalized spacial score (nSPS) is 11.5. The highest BCUT2D eigenvalue weighted by Crippen LogP contribution is 2.15. The number of benzene rings is 2. The molecule has 0 spiro atoms. The van der Waals surface area contributed by atoms with Gasteiger partial charge in [-0.05, 0) is 43.0 Å². The van der Waals surface area contributed by atoms with Gasteiger partial charge in [0.2, 0.25) is 11.8 Å². The average molecular weight is 383 g/mol. The molecule has 2 amide bonds. The number of nitrogens with one attached hydrogen (secondary N) is 1. The summed E-state index contributed by atoms with van der Waals surface area (Å²) in [5, 5.41) is 2.86. The fourth-order valence-corrected chi connectivity index (χ4v) is 3.21. The minimum atomic E-state index is -0.464. The smallest absolute Gasteiger partial charge is 0.242 e. The number of carbonyl (C=O) groups excluding carboxylic acids is 2. The maximum Gasteiger partial charge on any atom is 0.242 e. The van der Waals surface area contributed by atoms with Gasteiger partial charge in [-0.15, -0.1) is 0 Å². The number of ether oxygens (including phenoxy) is 1. The fraction of sp³-hybridized carbons (Fsp3) is 0.391. The Labute approximate surface area is 167 Å². The Morgan fingerprint density at radius 3 is 2.25 bits per heavy atom. The first kappa shape index (κ1) is 21.5. The summed E-state index contributed by atoms with van der Waals surface area (Å²) in [7, 11) is 1.61. The number of amides is 2. The topological polar surface area (TPSA) is 58.6 Å². The van der Waals surface area contributed by atoms with E-state index in [1.165, 1.54) is 0 Å². The average Bonchev–Trinajstić information content (AvgIpc) is 2.72. The van der Waals surface area contributed by atoms with E-state index in [1.54, 1.807) is 12.0 Å². The van der Waals surface area contributed by atoms with E-state index >= 15 is 0 Å². The number of nitrogens with zero attached hydrogens (tertiary/aromatic N) is 1. The standard InChI is InChI=1S/C23H30N2O3/c1-4-21(23(27)24-5-2)25(16-15-18-9-7-6-8-10-18)22(26)17-19-11-13-20(28-3)14-12-19/h6-14,21H,4-5,15-17H2,1-3H3,(H,24,27)/t21-/m1/s1. The lowest BCUT2D eigenvalue weighted by atomic mass is 10.1. The van der Waals surface area contributed by atoms with Crippen LogP contribution in [0.25, 0.3) is 0 Å². The second-order valence-electron chi connectivity index (χ2n) is 6.67. The number of carbonyl (C=O) groups is 2. The van der Waals surface area contributed by atoms with E-state index in [9.17, 15) is 9.59 Å². The van der Waals surface area contributed by atoms with Crippen LogP contribution in [0, 0.1) is 0 Å². The van der Waals surface area contributed by atoms with Crippen LogP contribution in [0.5, 0.6) is 5.75 Å². The minimum absolute atomic E-state index is 0.0424. The summed E-state index contributed by atoms with van der Waals surface area (Å²) in [4.78, 5) is 27.4. The van der Waals surface area contributed by atoms with Gasteiger partial charge in [0, 0.05) is 13.1 Å². The van der Waals surface area contributed by atoms with Crippen molar-refractivity contribution < 1.29 is 14.3 Å². The highest BCUT2D eigenvalue weighted by Gasteiger charge is 2.27. The molecule has 2 aromatic carbocycles. The fourth-order valence-electron chi connectivity index (χ4n) is 3.21. The Hall–Kier alpha value is -2.82. The summed E-state index contributed by atoms with van der Waals surface area (Å²) in [5.74, 6) is 0.617. The molecule has 28 heavy (non-hydrogen) atoms. The number of likely N-dealkylation sites (N-methyl/N-ethyl adjacent to an activating group) is 1. The van der Waals surface area contributed by atoms with E-state index in [0.29, 0.717) is 25.9 Å². The predicted octanol–water partition coefficient (Wildman–Crippen LogP) is 3.22. The molecule has 0 aromatic heterocycles. The van der Waals surface area contributed by atoms with E-state index in [1.807, 2.05) is 68.4 Å². The Bertz CT molecular complexity index is 744. The second kappa shape index (κ2) is 11.1. The van der Waals surface area contributed by atoms with Gasteiger partial charge in [-0.1, -0.05) is 49.4 Å². The van der Waals surface area contributed by atoms with Crippen LogP contribution >= 0.6 is 0 Å². The van der Waals surface area contributed by atoms with Crippen molar-refractivity contribution in [2.24, 2.45) is 0 Å². The maximum atomic E-state index is 13.1. The molecule has 0 radical (unpaired) electrons. The van der Waals surface area contributed by atoms with Crippen LogP contribution < -0.4 is 10.1 Å². The number of hydrogen-bond acceptors (Lipinski definition) is 3. The van der Waals surface area contributed by atoms with Crippen LogP contribution in [0.15, 0.2) is 54.6 Å². The van der Waals surface area contributed by atoms with Gasteiger partial charge in [0.1, 0.15) is 11.8 Å². The van der Waals surface area contributed by atoms with Crippen molar-refractivity contribution in [3.05, 3.63) is 65.7 Å². The van der Waals surface area contributed by atoms with Crippen LogP contribution in [0.3, 0.4) is 0 Å². The molecule has 0 aliphatic rings. The van der Waals surface area contributed by atoms with E-state index in [2.05, 4.69) is 5.32 Å². The molecule has 0 unspecified atom stereocenters. The number of hydrogen-bond donors (Lipinski definition) is 1. The van der Waals surface area contributed by atoms with Gasteiger partial charge in [-0.25, -0.2) is 0 Å². The molecule has 0 aliphatic heterocycles. The summed E-state index contributed by atoms with van der Waals surface area (Å²) in [6.07, 6.45) is 1.55. The monoisotopic (exact) mass is 382 g/mol. The van der Waals surface area contributed by atoms with E-state index in [4.69, 9.17) is 4.74 Å². The van der Waals surface area contributed by atoms with Gasteiger partial charge in [-0.3, -0.25) is 9.59 Å². The lowest BCUT2D eigenvalue weighted by molar-refractivity contribution is -0.140. The van der Waals surface area contributed by atoms with Crippen molar-refractivity contribution >= 4 is 11.8 Å². The second-order valence-corrected chi connectivity index (χ2v) is 6.67. The quantitative estimate of drug-likeness (QED) is 0.686. The third-order valence-electron chi connectivity index (χ3n) is 4.74. The van der Waals surface area contributed by atoms with Crippen molar-refractivity contribution in [3.63, 3.8) is 0 Å². The maximum absolute atomic E-state index is 13.1. The molecular formula is C23H30N2O3. The van der Waals surface area contributed by atoms with Crippen LogP contribution in [0.2, 0.25) is 0 Å². The molecule has 1 N–H and O–H groups in total. The van der Waals surface area contributed by atoms with Gasteiger partial charge in [0.05, 0.1) is 13.5 Å². The highest BCUT2D eigenvalue weighted by atomic mass is 16.5. The lowest BCUT2D eigenvalue weighted by Crippen LogP contribution is -2.50. The van der Waals surface area contributed by atoms with Crippen LogP contribution in [-0.2, 0) is 22.4 Å². The zero-order valence-corrected chi connectivity index (χ0v) is 17.0. The third kappa shape index (κ3) is 6.12. The molecule has 0 saturated carbocycles. The van der Waals surface area contributed by atoms with Crippen molar-refractivity contribution in [2.75, 3.05) is 20.2 Å². The molecule has 0 bridgehead atoms. The summed E-state index contributed by atoms with van der Waals surface area (Å²) in [5.41, 5.74) is 2.05. The van der Waals surface area contributed by atoms with E-state index < -0.39 is 6.04 Å². The molecule has 0 heterocycles. The molecule has 2 aromatic rings. The first-order valence-electron chi connectivity index (χ1n) is 9.83. The largest absolute Gasteiger partial charge is 0.497 e. The van der Waals surface area contributed by atoms with E-state index in [-0.39, 0.29) is 18.2 Å². The molecule has 150 valence electrons. The van der Waals surface area contributed by atoms with Crippen LogP contribution in [-0.4, -0.2) is 43.0 Å². The van der Waals surface area contributed by atoms with Crippen molar-refractivity contribution in [1.29, 1.82) is 0 Å². The number of rotatable bonds is 10. The van der Waals surface area contributed by atoms with Gasteiger partial charge in [0.25, 0.3) is 0 Å². The van der Waals surface area contributed by atoms with Crippen molar-refractivity contribution in [1.82, 2.24) is 10.2 Å². The van der Waals surface area contributed by atoms with Crippen LogP contribution in [0.1, 0.15) is 31.4 Å². The molecular weight excluding hydrogens is 352 g/mol. The third-order valence-corrected chi connectivity index (χ3v) is 4.74. The summed E-state index contributed by atoms with van der Waals surface area (Å²) >= 11 is 0. The van der Waals surface area contributed by atoms with Crippen molar-refractivity contribution in [3.8, 4) is 5.75 Å². The van der Waals surface area contributed by atoms with Gasteiger partial charge >= 0.3 is 0 Å². The van der Waals surface area contributed by atoms with Gasteiger partial charge in [0.15, 0.2) is 0 Å². The zero-order chi connectivity index (χ0) is 20.4. The van der Waals surface area contributed by atoms with Gasteiger partial charge in [-0.2, -0.15) is 0 Å². The van der Waals surface area contributed by atoms with Crippen molar-refractivity contribution in [2.45, 2.75) is 39.2 Å². The Balaban J connectivity index is 2.16. The molecule has 0 fully saturated rings. The van der Waals surface area contributed by atoms with E-state index in [0.717, 1.165) is 16.9 Å². The van der Waals surface area contributed by atoms with Crippen LogP contribution in [0.4, 0.5) is 0 Å². The summed E-state index contributed by atoms with van der Waals surface area (Å²) < 4.78 is 5.17.